The average Bonchev–Trinajstić information content (AvgIpc) is 2.79. The van der Waals surface area contributed by atoms with Crippen molar-refractivity contribution in [1.29, 1.82) is 0 Å². The van der Waals surface area contributed by atoms with E-state index in [2.05, 4.69) is 9.88 Å². The summed E-state index contributed by atoms with van der Waals surface area (Å²) in [5.74, 6) is 0.0483. The van der Waals surface area contributed by atoms with Crippen LogP contribution in [0.5, 0.6) is 0 Å². The van der Waals surface area contributed by atoms with Crippen LogP contribution >= 0.6 is 11.3 Å². The van der Waals surface area contributed by atoms with E-state index in [0.29, 0.717) is 18.1 Å². The van der Waals surface area contributed by atoms with Crippen molar-refractivity contribution in [3.63, 3.8) is 0 Å². The minimum Gasteiger partial charge on any atom is -0.383 e. The first-order valence-electron chi connectivity index (χ1n) is 5.38. The molecule has 0 fully saturated rings. The molecule has 1 aromatic rings. The van der Waals surface area contributed by atoms with Crippen LogP contribution in [0.1, 0.15) is 16.6 Å². The SMILES string of the molecule is COCCN(CCOC)c1ncc(C(C)=O)s1. The van der Waals surface area contributed by atoms with Crippen molar-refractivity contribution in [3.8, 4) is 0 Å². The summed E-state index contributed by atoms with van der Waals surface area (Å²) in [6.45, 7) is 4.28. The minimum absolute atomic E-state index is 0.0483. The van der Waals surface area contributed by atoms with Gasteiger partial charge in [0.25, 0.3) is 0 Å². The van der Waals surface area contributed by atoms with Gasteiger partial charge in [0.1, 0.15) is 0 Å². The van der Waals surface area contributed by atoms with Gasteiger partial charge in [0.05, 0.1) is 24.3 Å². The van der Waals surface area contributed by atoms with Crippen LogP contribution in [-0.2, 0) is 9.47 Å². The van der Waals surface area contributed by atoms with E-state index in [-0.39, 0.29) is 5.78 Å². The van der Waals surface area contributed by atoms with Crippen molar-refractivity contribution in [2.45, 2.75) is 6.92 Å². The Morgan fingerprint density at radius 1 is 1.35 bits per heavy atom. The molecule has 0 saturated heterocycles. The zero-order valence-corrected chi connectivity index (χ0v) is 11.2. The Bertz CT molecular complexity index is 346. The molecule has 1 heterocycles. The number of aromatic nitrogens is 1. The molecule has 96 valence electrons. The molecule has 0 aromatic carbocycles. The topological polar surface area (TPSA) is 51.7 Å². The van der Waals surface area contributed by atoms with Crippen molar-refractivity contribution in [2.75, 3.05) is 45.4 Å². The molecule has 0 bridgehead atoms. The predicted octanol–water partition coefficient (Wildman–Crippen LogP) is 1.44. The van der Waals surface area contributed by atoms with E-state index in [1.807, 2.05) is 0 Å². The highest BCUT2D eigenvalue weighted by atomic mass is 32.1. The molecule has 17 heavy (non-hydrogen) atoms. The number of carbonyl (C=O) groups is 1. The van der Waals surface area contributed by atoms with E-state index in [1.54, 1.807) is 27.3 Å². The number of anilines is 1. The smallest absolute Gasteiger partial charge is 0.186 e. The lowest BCUT2D eigenvalue weighted by molar-refractivity contribution is 0.102. The zero-order valence-electron chi connectivity index (χ0n) is 10.4. The maximum Gasteiger partial charge on any atom is 0.186 e. The first-order valence-corrected chi connectivity index (χ1v) is 6.20. The van der Waals surface area contributed by atoms with Gasteiger partial charge in [-0.05, 0) is 0 Å². The fraction of sp³-hybridized carbons (Fsp3) is 0.636. The van der Waals surface area contributed by atoms with Gasteiger partial charge in [-0.25, -0.2) is 4.98 Å². The summed E-state index contributed by atoms with van der Waals surface area (Å²) in [5, 5.41) is 0.837. The van der Waals surface area contributed by atoms with Gasteiger partial charge >= 0.3 is 0 Å². The average molecular weight is 258 g/mol. The molecule has 0 atom stereocenters. The number of thiazole rings is 1. The Morgan fingerprint density at radius 3 is 2.35 bits per heavy atom. The minimum atomic E-state index is 0.0483. The molecule has 0 saturated carbocycles. The molecule has 6 heteroatoms. The van der Waals surface area contributed by atoms with Gasteiger partial charge in [-0.3, -0.25) is 4.79 Å². The number of rotatable bonds is 8. The van der Waals surface area contributed by atoms with Gasteiger partial charge in [-0.2, -0.15) is 0 Å². The fourth-order valence-corrected chi connectivity index (χ4v) is 2.14. The number of carbonyl (C=O) groups excluding carboxylic acids is 1. The number of hydrogen-bond acceptors (Lipinski definition) is 6. The number of nitrogens with zero attached hydrogens (tertiary/aromatic N) is 2. The molecule has 0 N–H and O–H groups in total. The summed E-state index contributed by atoms with van der Waals surface area (Å²) in [7, 11) is 3.33. The number of ketones is 1. The highest BCUT2D eigenvalue weighted by molar-refractivity contribution is 7.17. The van der Waals surface area contributed by atoms with E-state index >= 15 is 0 Å². The van der Waals surface area contributed by atoms with Crippen LogP contribution in [0.15, 0.2) is 6.20 Å². The van der Waals surface area contributed by atoms with Crippen LogP contribution in [0.4, 0.5) is 5.13 Å². The van der Waals surface area contributed by atoms with E-state index in [4.69, 9.17) is 9.47 Å². The van der Waals surface area contributed by atoms with Gasteiger partial charge in [-0.15, -0.1) is 0 Å². The molecule has 0 aliphatic rings. The molecule has 0 unspecified atom stereocenters. The van der Waals surface area contributed by atoms with Crippen LogP contribution < -0.4 is 4.90 Å². The standard InChI is InChI=1S/C11H18N2O3S/c1-9(14)10-8-12-11(17-10)13(4-6-15-2)5-7-16-3/h8H,4-7H2,1-3H3. The van der Waals surface area contributed by atoms with Gasteiger partial charge in [-0.1, -0.05) is 11.3 Å². The second kappa shape index (κ2) is 7.37. The molecular weight excluding hydrogens is 240 g/mol. The Hall–Kier alpha value is -0.980. The number of hydrogen-bond donors (Lipinski definition) is 0. The molecule has 5 nitrogen and oxygen atoms in total. The van der Waals surface area contributed by atoms with E-state index in [1.165, 1.54) is 11.3 Å². The van der Waals surface area contributed by atoms with Crippen molar-refractivity contribution in [3.05, 3.63) is 11.1 Å². The lowest BCUT2D eigenvalue weighted by Crippen LogP contribution is -2.30. The normalized spacial score (nSPS) is 10.5. The first kappa shape index (κ1) is 14.1. The third kappa shape index (κ3) is 4.41. The van der Waals surface area contributed by atoms with Crippen LogP contribution in [0, 0.1) is 0 Å². The molecule has 1 rings (SSSR count). The molecule has 0 aliphatic carbocycles. The lowest BCUT2D eigenvalue weighted by Gasteiger charge is -2.20. The third-order valence-corrected chi connectivity index (χ3v) is 3.40. The second-order valence-electron chi connectivity index (χ2n) is 3.54. The van der Waals surface area contributed by atoms with Crippen LogP contribution in [-0.4, -0.2) is 51.3 Å². The summed E-state index contributed by atoms with van der Waals surface area (Å²) < 4.78 is 10.1. The van der Waals surface area contributed by atoms with Gasteiger partial charge in [0.2, 0.25) is 0 Å². The maximum atomic E-state index is 11.2. The highest BCUT2D eigenvalue weighted by Gasteiger charge is 2.12. The lowest BCUT2D eigenvalue weighted by atomic mass is 10.4. The largest absolute Gasteiger partial charge is 0.383 e. The van der Waals surface area contributed by atoms with Gasteiger partial charge < -0.3 is 14.4 Å². The molecule has 0 amide bonds. The Balaban J connectivity index is 2.68. The summed E-state index contributed by atoms with van der Waals surface area (Å²) in [4.78, 5) is 18.2. The van der Waals surface area contributed by atoms with E-state index in [9.17, 15) is 4.79 Å². The first-order chi connectivity index (χ1) is 8.19. The van der Waals surface area contributed by atoms with Crippen LogP contribution in [0.3, 0.4) is 0 Å². The van der Waals surface area contributed by atoms with E-state index < -0.39 is 0 Å². The monoisotopic (exact) mass is 258 g/mol. The van der Waals surface area contributed by atoms with Crippen LogP contribution in [0.25, 0.3) is 0 Å². The molecular formula is C11H18N2O3S. The van der Waals surface area contributed by atoms with Crippen molar-refractivity contribution >= 4 is 22.3 Å². The summed E-state index contributed by atoms with van der Waals surface area (Å²) in [5.41, 5.74) is 0. The van der Waals surface area contributed by atoms with Crippen molar-refractivity contribution in [1.82, 2.24) is 4.98 Å². The van der Waals surface area contributed by atoms with Gasteiger partial charge in [0.15, 0.2) is 10.9 Å². The molecule has 0 spiro atoms. The maximum absolute atomic E-state index is 11.2. The summed E-state index contributed by atoms with van der Waals surface area (Å²) >= 11 is 1.40. The van der Waals surface area contributed by atoms with E-state index in [0.717, 1.165) is 18.2 Å². The highest BCUT2D eigenvalue weighted by Crippen LogP contribution is 2.22. The zero-order chi connectivity index (χ0) is 12.7. The van der Waals surface area contributed by atoms with Crippen molar-refractivity contribution in [2.24, 2.45) is 0 Å². The number of ether oxygens (including phenoxy) is 2. The summed E-state index contributed by atoms with van der Waals surface area (Å²) in [6.07, 6.45) is 1.62. The number of methoxy groups -OCH3 is 2. The van der Waals surface area contributed by atoms with Crippen molar-refractivity contribution < 1.29 is 14.3 Å². The third-order valence-electron chi connectivity index (χ3n) is 2.24. The quantitative estimate of drug-likeness (QED) is 0.660. The Kier molecular flexibility index (Phi) is 6.10. The molecule has 0 radical (unpaired) electrons. The van der Waals surface area contributed by atoms with Crippen LogP contribution in [0.2, 0.25) is 0 Å². The second-order valence-corrected chi connectivity index (χ2v) is 4.55. The van der Waals surface area contributed by atoms with Gasteiger partial charge in [0, 0.05) is 34.2 Å². The Labute approximate surface area is 105 Å². The fourth-order valence-electron chi connectivity index (χ4n) is 1.28. The Morgan fingerprint density at radius 2 is 1.94 bits per heavy atom. The number of Topliss-reactive ketones (excluding diaryl/α,β-unsaturated/α-hetero) is 1. The predicted molar refractivity (Wildman–Crippen MR) is 68.1 cm³/mol. The molecule has 0 aliphatic heterocycles. The molecule has 1 aromatic heterocycles. The summed E-state index contributed by atoms with van der Waals surface area (Å²) in [6, 6.07) is 0.